The van der Waals surface area contributed by atoms with Crippen LogP contribution in [0.25, 0.3) is 0 Å². The van der Waals surface area contributed by atoms with E-state index in [1.807, 2.05) is 19.8 Å². The van der Waals surface area contributed by atoms with E-state index in [4.69, 9.17) is 0 Å². The minimum atomic E-state index is 0.146. The van der Waals surface area contributed by atoms with Crippen molar-refractivity contribution in [3.8, 4) is 0 Å². The van der Waals surface area contributed by atoms with Crippen LogP contribution in [-0.2, 0) is 4.79 Å². The third kappa shape index (κ3) is 4.98. The summed E-state index contributed by atoms with van der Waals surface area (Å²) < 4.78 is 0. The normalized spacial score (nSPS) is 8.58. The second-order valence-corrected chi connectivity index (χ2v) is 3.02. The van der Waals surface area contributed by atoms with Crippen molar-refractivity contribution in [2.45, 2.75) is 39.8 Å². The van der Waals surface area contributed by atoms with Gasteiger partial charge in [-0.3, -0.25) is 0 Å². The second-order valence-electron chi connectivity index (χ2n) is 3.02. The Bertz CT molecular complexity index is 190. The molecule has 0 spiro atoms. The molecule has 2 heteroatoms. The maximum Gasteiger partial charge on any atom is 0.226 e. The molecule has 0 aliphatic rings. The van der Waals surface area contributed by atoms with Crippen LogP contribution in [0.5, 0.6) is 0 Å². The van der Waals surface area contributed by atoms with Crippen LogP contribution >= 0.6 is 0 Å². The summed E-state index contributed by atoms with van der Waals surface area (Å²) >= 11 is 0. The van der Waals surface area contributed by atoms with E-state index in [2.05, 4.69) is 12.7 Å². The predicted molar refractivity (Wildman–Crippen MR) is 54.7 cm³/mol. The first-order valence-electron chi connectivity index (χ1n) is 4.67. The molecule has 66 valence electrons. The molecule has 0 atom stereocenters. The fourth-order valence-corrected chi connectivity index (χ4v) is 0.712. The number of carbonyl (C=O) groups is 1. The Labute approximate surface area is 75.6 Å². The Morgan fingerprint density at radius 3 is 2.67 bits per heavy atom. The fraction of sp³-hybridized carbons (Fsp3) is 0.600. The highest BCUT2D eigenvalue weighted by Gasteiger charge is 2.10. The van der Waals surface area contributed by atoms with Gasteiger partial charge in [-0.05, 0) is 12.5 Å². The third-order valence-corrected chi connectivity index (χ3v) is 1.87. The summed E-state index contributed by atoms with van der Waals surface area (Å²) in [5.41, 5.74) is 3.09. The molecular weight excluding hydrogens is 147 g/mol. The lowest BCUT2D eigenvalue weighted by Crippen LogP contribution is -2.17. The van der Waals surface area contributed by atoms with Gasteiger partial charge in [0.25, 0.3) is 0 Å². The molecule has 0 aromatic rings. The van der Waals surface area contributed by atoms with Gasteiger partial charge in [0.15, 0.2) is 0 Å². The van der Waals surface area contributed by atoms with Gasteiger partial charge < -0.3 is 4.79 Å². The van der Waals surface area contributed by atoms with E-state index in [0.717, 1.165) is 19.2 Å². The Kier molecular flexibility index (Phi) is 6.50. The molecule has 0 radical (unpaired) electrons. The van der Waals surface area contributed by atoms with Crippen LogP contribution in [0, 0.1) is 0 Å². The summed E-state index contributed by atoms with van der Waals surface area (Å²) in [5, 5.41) is 0. The van der Waals surface area contributed by atoms with Crippen molar-refractivity contribution >= 4 is 12.4 Å². The zero-order valence-corrected chi connectivity index (χ0v) is 8.26. The van der Waals surface area contributed by atoms with Crippen molar-refractivity contribution < 1.29 is 4.79 Å². The molecule has 0 bridgehead atoms. The number of rotatable bonds is 5. The van der Waals surface area contributed by atoms with Crippen molar-refractivity contribution in [2.24, 2.45) is 0 Å². The predicted octanol–water partition coefficient (Wildman–Crippen LogP) is 2.75. The molecule has 0 aliphatic heterocycles. The number of allylic oxidation sites excluding steroid dienone is 1. The van der Waals surface area contributed by atoms with Gasteiger partial charge in [-0.15, -0.1) is 5.73 Å². The molecule has 0 aromatic heterocycles. The number of carbonyl (C=O) groups excluding carboxylic acids is 1. The summed E-state index contributed by atoms with van der Waals surface area (Å²) in [6, 6.07) is 0. The molecule has 0 unspecified atom stereocenters. The van der Waals surface area contributed by atoms with Crippen LogP contribution < -0.4 is 0 Å². The van der Waals surface area contributed by atoms with Gasteiger partial charge in [0.1, 0.15) is 5.68 Å². The minimum absolute atomic E-state index is 0.146. The average Bonchev–Trinajstić information content (AvgIpc) is 2.10. The molecule has 0 saturated carbocycles. The van der Waals surface area contributed by atoms with Gasteiger partial charge in [0.2, 0.25) is 6.71 Å². The van der Waals surface area contributed by atoms with E-state index in [-0.39, 0.29) is 12.4 Å². The van der Waals surface area contributed by atoms with Crippen molar-refractivity contribution in [3.63, 3.8) is 0 Å². The van der Waals surface area contributed by atoms with Crippen molar-refractivity contribution in [1.29, 1.82) is 0 Å². The van der Waals surface area contributed by atoms with Crippen LogP contribution in [0.1, 0.15) is 26.7 Å². The van der Waals surface area contributed by atoms with E-state index >= 15 is 0 Å². The number of hydrogen-bond acceptors (Lipinski definition) is 1. The zero-order valence-electron chi connectivity index (χ0n) is 8.26. The maximum atomic E-state index is 11.2. The first-order chi connectivity index (χ1) is 5.72. The van der Waals surface area contributed by atoms with Gasteiger partial charge in [-0.2, -0.15) is 0 Å². The van der Waals surface area contributed by atoms with Gasteiger partial charge >= 0.3 is 0 Å². The lowest BCUT2D eigenvalue weighted by Gasteiger charge is -1.94. The van der Waals surface area contributed by atoms with E-state index < -0.39 is 0 Å². The highest BCUT2D eigenvalue weighted by molar-refractivity contribution is 6.90. The molecule has 12 heavy (non-hydrogen) atoms. The lowest BCUT2D eigenvalue weighted by atomic mass is 9.47. The van der Waals surface area contributed by atoms with Crippen LogP contribution in [0.15, 0.2) is 17.9 Å². The standard InChI is InChI=1S/C10H17BO/c1-4-6-7-8-9-10(12)11(3)5-2/h7,9H,4-6H2,1-3H3. The highest BCUT2D eigenvalue weighted by atomic mass is 16.1. The molecule has 0 N–H and O–H groups in total. The first-order valence-corrected chi connectivity index (χ1v) is 4.67. The van der Waals surface area contributed by atoms with E-state index in [1.54, 1.807) is 6.08 Å². The van der Waals surface area contributed by atoms with Crippen molar-refractivity contribution in [1.82, 2.24) is 0 Å². The first kappa shape index (κ1) is 11.3. The molecule has 0 saturated heterocycles. The summed E-state index contributed by atoms with van der Waals surface area (Å²) in [5.74, 6) is 0. The van der Waals surface area contributed by atoms with Crippen LogP contribution in [-0.4, -0.2) is 12.4 Å². The van der Waals surface area contributed by atoms with Crippen molar-refractivity contribution in [3.05, 3.63) is 17.9 Å². The SMILES string of the molecule is CCCC=C=CC(=O)B(C)CC. The molecule has 0 rings (SSSR count). The molecule has 0 aliphatic carbocycles. The number of unbranched alkanes of at least 4 members (excludes halogenated alkanes) is 1. The highest BCUT2D eigenvalue weighted by Crippen LogP contribution is 1.93. The van der Waals surface area contributed by atoms with Crippen LogP contribution in [0.2, 0.25) is 13.1 Å². The molecule has 0 aromatic carbocycles. The number of hydrogen-bond donors (Lipinski definition) is 0. The molecular formula is C10H17BO. The summed E-state index contributed by atoms with van der Waals surface area (Å²) in [6.07, 6.45) is 6.50. The van der Waals surface area contributed by atoms with Gasteiger partial charge in [0.05, 0.1) is 0 Å². The average molecular weight is 164 g/mol. The summed E-state index contributed by atoms with van der Waals surface area (Å²) in [4.78, 5) is 11.2. The summed E-state index contributed by atoms with van der Waals surface area (Å²) in [6.45, 7) is 6.22. The van der Waals surface area contributed by atoms with E-state index in [1.165, 1.54) is 0 Å². The monoisotopic (exact) mass is 164 g/mol. The Balaban J connectivity index is 3.90. The Morgan fingerprint density at radius 2 is 2.17 bits per heavy atom. The third-order valence-electron chi connectivity index (χ3n) is 1.87. The van der Waals surface area contributed by atoms with Gasteiger partial charge in [-0.25, -0.2) is 0 Å². The minimum Gasteiger partial charge on any atom is -0.306 e. The van der Waals surface area contributed by atoms with E-state index in [0.29, 0.717) is 0 Å². The smallest absolute Gasteiger partial charge is 0.226 e. The van der Waals surface area contributed by atoms with E-state index in [9.17, 15) is 4.79 Å². The second kappa shape index (κ2) is 6.93. The molecule has 0 heterocycles. The Hall–Kier alpha value is -0.745. The van der Waals surface area contributed by atoms with Gasteiger partial charge in [-0.1, -0.05) is 33.4 Å². The topological polar surface area (TPSA) is 17.1 Å². The van der Waals surface area contributed by atoms with Crippen molar-refractivity contribution in [2.75, 3.05) is 0 Å². The quantitative estimate of drug-likeness (QED) is 0.347. The zero-order chi connectivity index (χ0) is 9.40. The molecule has 0 fully saturated rings. The van der Waals surface area contributed by atoms with Crippen LogP contribution in [0.4, 0.5) is 0 Å². The van der Waals surface area contributed by atoms with Crippen LogP contribution in [0.3, 0.4) is 0 Å². The Morgan fingerprint density at radius 1 is 1.50 bits per heavy atom. The van der Waals surface area contributed by atoms with Gasteiger partial charge in [0, 0.05) is 6.08 Å². The molecule has 1 nitrogen and oxygen atoms in total. The lowest BCUT2D eigenvalue weighted by molar-refractivity contribution is -0.108. The summed E-state index contributed by atoms with van der Waals surface area (Å²) in [7, 11) is 0. The molecule has 0 amide bonds. The fourth-order valence-electron chi connectivity index (χ4n) is 0.712. The maximum absolute atomic E-state index is 11.2. The largest absolute Gasteiger partial charge is 0.306 e.